The molecule has 6 rings (SSSR count). The van der Waals surface area contributed by atoms with Crippen LogP contribution in [0.4, 0.5) is 5.13 Å². The summed E-state index contributed by atoms with van der Waals surface area (Å²) in [5.41, 5.74) is 5.08. The maximum Gasteiger partial charge on any atom is 0.352 e. The third kappa shape index (κ3) is 7.38. The van der Waals surface area contributed by atoms with E-state index in [4.69, 9.17) is 26.9 Å². The number of thioether (sulfide) groups is 1. The summed E-state index contributed by atoms with van der Waals surface area (Å²) in [6, 6.07) is 4.57. The number of β-lactam (4-membered cyclic amide) rings is 1. The maximum atomic E-state index is 13.5. The minimum Gasteiger partial charge on any atom is -0.478 e. The summed E-state index contributed by atoms with van der Waals surface area (Å²) in [6.45, 7) is 6.23. The Bertz CT molecular complexity index is 2010. The molecule has 3 aliphatic rings. The van der Waals surface area contributed by atoms with E-state index in [2.05, 4.69) is 15.5 Å². The molecular formula is C32H35ClN7O9S2+. The number of hydrogen-bond acceptors (Lipinski definition) is 12. The molecule has 5 heterocycles. The molecule has 16 nitrogen and oxygen atoms in total. The molecule has 2 fully saturated rings. The molecule has 0 radical (unpaired) electrons. The standard InChI is InChI=1S/C32H34ClN7O9S2/c1-31(2,3)48-19(41)7-5-11-38-13-8-18-17(38)6-4-12-39(18)14-16-15-50-27-22(26(43)40(27)23(16)28(44)45)35-25(42)21(20-24(33)51-30(34)36-20)37-49-32(9-10-32)29(46)47/h4,6,8,12-13,22,27H,5,7,9-11,14-15H2,1-3H3,(H4-,34,35,36,42,44,45,46,47)/p+1/b37-21-. The molecule has 2 unspecified atom stereocenters. The molecule has 3 aromatic rings. The van der Waals surface area contributed by atoms with Gasteiger partial charge in [0, 0.05) is 55.5 Å². The van der Waals surface area contributed by atoms with Crippen LogP contribution < -0.4 is 15.6 Å². The molecule has 2 aliphatic heterocycles. The Labute approximate surface area is 304 Å². The van der Waals surface area contributed by atoms with Gasteiger partial charge < -0.3 is 35.4 Å². The minimum atomic E-state index is -1.58. The highest BCUT2D eigenvalue weighted by Gasteiger charge is 2.56. The summed E-state index contributed by atoms with van der Waals surface area (Å²) < 4.78 is 9.32. The quantitative estimate of drug-likeness (QED) is 0.0650. The minimum absolute atomic E-state index is 0.00294. The molecule has 2 atom stereocenters. The van der Waals surface area contributed by atoms with Crippen LogP contribution >= 0.6 is 34.7 Å². The highest BCUT2D eigenvalue weighted by atomic mass is 35.5. The maximum absolute atomic E-state index is 13.5. The van der Waals surface area contributed by atoms with Crippen LogP contribution in [0, 0.1) is 0 Å². The van der Waals surface area contributed by atoms with E-state index in [1.807, 2.05) is 60.5 Å². The van der Waals surface area contributed by atoms with Crippen molar-refractivity contribution in [1.29, 1.82) is 0 Å². The third-order valence-electron chi connectivity index (χ3n) is 8.36. The van der Waals surface area contributed by atoms with Gasteiger partial charge in [-0.3, -0.25) is 19.3 Å². The van der Waals surface area contributed by atoms with Gasteiger partial charge in [0.2, 0.25) is 11.1 Å². The van der Waals surface area contributed by atoms with E-state index in [0.29, 0.717) is 18.5 Å². The molecule has 2 amide bonds. The number of carbonyl (C=O) groups is 5. The van der Waals surface area contributed by atoms with Crippen molar-refractivity contribution < 1.29 is 48.3 Å². The van der Waals surface area contributed by atoms with Gasteiger partial charge >= 0.3 is 17.9 Å². The predicted octanol–water partition coefficient (Wildman–Crippen LogP) is 2.52. The first kappa shape index (κ1) is 36.1. The topological polar surface area (TPSA) is 220 Å². The van der Waals surface area contributed by atoms with Gasteiger partial charge in [-0.2, -0.15) is 4.57 Å². The van der Waals surface area contributed by atoms with Crippen LogP contribution in [0.3, 0.4) is 0 Å². The van der Waals surface area contributed by atoms with Crippen LogP contribution in [0.5, 0.6) is 0 Å². The van der Waals surface area contributed by atoms with Crippen LogP contribution in [-0.4, -0.2) is 88.5 Å². The summed E-state index contributed by atoms with van der Waals surface area (Å²) >= 11 is 8.39. The molecule has 5 N–H and O–H groups in total. The van der Waals surface area contributed by atoms with Crippen molar-refractivity contribution in [2.45, 2.75) is 82.2 Å². The smallest absolute Gasteiger partial charge is 0.352 e. The largest absolute Gasteiger partial charge is 0.478 e. The number of fused-ring (bicyclic) bond motifs is 2. The van der Waals surface area contributed by atoms with Crippen molar-refractivity contribution >= 4 is 86.3 Å². The summed E-state index contributed by atoms with van der Waals surface area (Å²) in [6.07, 6.45) is 4.94. The van der Waals surface area contributed by atoms with Gasteiger partial charge in [-0.25, -0.2) is 14.6 Å². The van der Waals surface area contributed by atoms with Gasteiger partial charge in [0.25, 0.3) is 11.8 Å². The van der Waals surface area contributed by atoms with Crippen LogP contribution in [0.25, 0.3) is 11.0 Å². The first-order valence-corrected chi connectivity index (χ1v) is 18.1. The second-order valence-corrected chi connectivity index (χ2v) is 16.0. The number of carbonyl (C=O) groups excluding carboxylic acids is 3. The SMILES string of the molecule is CC(C)(C)OC(=O)CCCn1ccc2c1ccc[n+]2CC1=C(C(=O)O)N2C(=O)C(NC(=O)/C(=N\OC3(C(=O)O)CC3)c3nc(N)sc3Cl)C2SC1. The zero-order chi connectivity index (χ0) is 36.8. The average molecular weight is 761 g/mol. The summed E-state index contributed by atoms with van der Waals surface area (Å²) in [5.74, 6) is -4.12. The number of thiazole rings is 1. The van der Waals surface area contributed by atoms with Gasteiger partial charge in [-0.05, 0) is 33.3 Å². The Morgan fingerprint density at radius 3 is 2.61 bits per heavy atom. The predicted molar refractivity (Wildman–Crippen MR) is 186 cm³/mol. The van der Waals surface area contributed by atoms with E-state index in [-0.39, 0.29) is 58.4 Å². The lowest BCUT2D eigenvalue weighted by atomic mass is 10.0. The Kier molecular flexibility index (Phi) is 9.77. The highest BCUT2D eigenvalue weighted by Crippen LogP contribution is 2.42. The summed E-state index contributed by atoms with van der Waals surface area (Å²) in [7, 11) is 0. The number of nitrogens with two attached hydrogens (primary N) is 1. The number of aliphatic carboxylic acids is 2. The third-order valence-corrected chi connectivity index (χ3v) is 10.8. The Balaban J connectivity index is 1.17. The van der Waals surface area contributed by atoms with Gasteiger partial charge in [0.05, 0.1) is 0 Å². The second kappa shape index (κ2) is 13.8. The number of aryl methyl sites for hydroxylation is 1. The molecule has 1 saturated carbocycles. The molecule has 3 aromatic heterocycles. The van der Waals surface area contributed by atoms with E-state index in [0.717, 1.165) is 27.3 Å². The number of hydrogen-bond donors (Lipinski definition) is 4. The van der Waals surface area contributed by atoms with Gasteiger partial charge in [0.1, 0.15) is 38.3 Å². The van der Waals surface area contributed by atoms with E-state index in [1.54, 1.807) is 0 Å². The van der Waals surface area contributed by atoms with Crippen LogP contribution in [0.1, 0.15) is 52.1 Å². The van der Waals surface area contributed by atoms with Gasteiger partial charge in [-0.15, -0.1) is 11.8 Å². The van der Waals surface area contributed by atoms with Crippen LogP contribution in [0.15, 0.2) is 47.0 Å². The van der Waals surface area contributed by atoms with Crippen molar-refractivity contribution in [1.82, 2.24) is 19.8 Å². The molecule has 19 heteroatoms. The van der Waals surface area contributed by atoms with E-state index >= 15 is 0 Å². The van der Waals surface area contributed by atoms with Crippen molar-refractivity contribution in [2.24, 2.45) is 5.16 Å². The Hall–Kier alpha value is -4.68. The number of nitrogens with one attached hydrogen (secondary N) is 1. The summed E-state index contributed by atoms with van der Waals surface area (Å²) in [5, 5.41) is 25.4. The monoisotopic (exact) mass is 760 g/mol. The van der Waals surface area contributed by atoms with Crippen molar-refractivity contribution in [3.63, 3.8) is 0 Å². The number of aromatic nitrogens is 3. The number of esters is 1. The number of rotatable bonds is 13. The molecule has 0 aromatic carbocycles. The van der Waals surface area contributed by atoms with Gasteiger partial charge in [0.15, 0.2) is 23.6 Å². The fourth-order valence-electron chi connectivity index (χ4n) is 5.80. The van der Waals surface area contributed by atoms with Crippen molar-refractivity contribution in [2.75, 3.05) is 11.5 Å². The number of amides is 2. The number of anilines is 1. The molecule has 1 aliphatic carbocycles. The number of pyridine rings is 1. The lowest BCUT2D eigenvalue weighted by molar-refractivity contribution is -0.663. The molecule has 0 bridgehead atoms. The fraction of sp³-hybridized carbons (Fsp3) is 0.438. The molecule has 51 heavy (non-hydrogen) atoms. The summed E-state index contributed by atoms with van der Waals surface area (Å²) in [4.78, 5) is 73.8. The number of oxime groups is 1. The first-order chi connectivity index (χ1) is 24.1. The van der Waals surface area contributed by atoms with Gasteiger partial charge in [-0.1, -0.05) is 28.1 Å². The molecule has 270 valence electrons. The number of nitrogens with zero attached hydrogens (tertiary/aromatic N) is 5. The normalized spacial score (nSPS) is 19.7. The number of carboxylic acid groups (broad SMARTS) is 2. The second-order valence-electron chi connectivity index (χ2n) is 13.2. The lowest BCUT2D eigenvalue weighted by Crippen LogP contribution is -2.71. The number of halogens is 1. The van der Waals surface area contributed by atoms with Crippen molar-refractivity contribution in [3.8, 4) is 0 Å². The van der Waals surface area contributed by atoms with Crippen LogP contribution in [0.2, 0.25) is 4.34 Å². The average Bonchev–Trinajstić information content (AvgIpc) is 3.63. The van der Waals surface area contributed by atoms with Crippen LogP contribution in [-0.2, 0) is 46.6 Å². The highest BCUT2D eigenvalue weighted by molar-refractivity contribution is 8.00. The first-order valence-electron chi connectivity index (χ1n) is 15.9. The Morgan fingerprint density at radius 1 is 1.24 bits per heavy atom. The molecular weight excluding hydrogens is 726 g/mol. The number of ether oxygens (including phenoxy) is 1. The number of nitrogen functional groups attached to an aromatic ring is 1. The van der Waals surface area contributed by atoms with E-state index < -0.39 is 52.1 Å². The fourth-order valence-corrected chi connectivity index (χ4v) is 8.06. The Morgan fingerprint density at radius 2 is 1.98 bits per heavy atom. The zero-order valence-corrected chi connectivity index (χ0v) is 30.1. The zero-order valence-electron chi connectivity index (χ0n) is 27.8. The molecule has 0 spiro atoms. The molecule has 1 saturated heterocycles. The number of carboxylic acids is 2. The lowest BCUT2D eigenvalue weighted by Gasteiger charge is -2.49. The van der Waals surface area contributed by atoms with Crippen molar-refractivity contribution in [3.05, 3.63) is 51.9 Å². The van der Waals surface area contributed by atoms with E-state index in [9.17, 15) is 34.2 Å². The van der Waals surface area contributed by atoms with E-state index in [1.165, 1.54) is 11.8 Å².